The summed E-state index contributed by atoms with van der Waals surface area (Å²) in [5, 5.41) is 3.54. The molecule has 1 aliphatic rings. The topological polar surface area (TPSA) is 81.3 Å². The molecule has 1 fully saturated rings. The summed E-state index contributed by atoms with van der Waals surface area (Å²) in [6.45, 7) is 6.31. The van der Waals surface area contributed by atoms with Crippen molar-refractivity contribution in [1.82, 2.24) is 25.1 Å². The van der Waals surface area contributed by atoms with Crippen LogP contribution in [0.15, 0.2) is 29.1 Å². The van der Waals surface area contributed by atoms with E-state index in [0.29, 0.717) is 29.2 Å². The lowest BCUT2D eigenvalue weighted by molar-refractivity contribution is 0.203. The zero-order valence-electron chi connectivity index (χ0n) is 14.8. The number of aromatic nitrogens is 2. The van der Waals surface area contributed by atoms with E-state index in [4.69, 9.17) is 0 Å². The summed E-state index contributed by atoms with van der Waals surface area (Å²) in [6, 6.07) is 7.04. The van der Waals surface area contributed by atoms with Crippen LogP contribution in [0, 0.1) is 5.92 Å². The maximum atomic E-state index is 12.3. The highest BCUT2D eigenvalue weighted by Crippen LogP contribution is 2.14. The molecule has 7 heteroatoms. The van der Waals surface area contributed by atoms with E-state index >= 15 is 0 Å². The molecule has 1 aliphatic heterocycles. The molecule has 7 nitrogen and oxygen atoms in total. The number of nitrogens with zero attached hydrogens (tertiary/aromatic N) is 3. The molecule has 2 aromatic rings. The molecular formula is C18H25N5O2. The summed E-state index contributed by atoms with van der Waals surface area (Å²) in [5.41, 5.74) is 0.459. The van der Waals surface area contributed by atoms with Crippen LogP contribution in [0.2, 0.25) is 0 Å². The van der Waals surface area contributed by atoms with E-state index in [1.807, 2.05) is 6.07 Å². The second-order valence-electron chi connectivity index (χ2n) is 6.62. The third-order valence-electron chi connectivity index (χ3n) is 4.75. The molecule has 2 amide bonds. The van der Waals surface area contributed by atoms with Gasteiger partial charge in [-0.1, -0.05) is 19.1 Å². The molecule has 1 unspecified atom stereocenters. The number of carbonyl (C=O) groups excluding carboxylic acids is 1. The van der Waals surface area contributed by atoms with Gasteiger partial charge in [-0.15, -0.1) is 0 Å². The lowest BCUT2D eigenvalue weighted by Crippen LogP contribution is -2.40. The van der Waals surface area contributed by atoms with E-state index in [1.54, 1.807) is 30.1 Å². The molecule has 0 radical (unpaired) electrons. The monoisotopic (exact) mass is 343 g/mol. The standard InChI is InChI=1S/C18H25N5O2/c1-3-23-9-8-13(11-23)10-19-18(25)22(2)12-16-20-15-7-5-4-6-14(15)17(24)21-16/h4-7,13H,3,8-12H2,1-2H3,(H,19,25)(H,20,21,24). The van der Waals surface area contributed by atoms with Crippen molar-refractivity contribution in [3.63, 3.8) is 0 Å². The maximum Gasteiger partial charge on any atom is 0.317 e. The fourth-order valence-corrected chi connectivity index (χ4v) is 3.24. The average Bonchev–Trinajstić information content (AvgIpc) is 3.07. The fraction of sp³-hybridized carbons (Fsp3) is 0.500. The molecule has 1 aromatic carbocycles. The van der Waals surface area contributed by atoms with E-state index in [2.05, 4.69) is 27.1 Å². The second kappa shape index (κ2) is 7.65. The summed E-state index contributed by atoms with van der Waals surface area (Å²) in [7, 11) is 1.71. The van der Waals surface area contributed by atoms with Gasteiger partial charge in [0.25, 0.3) is 5.56 Å². The molecular weight excluding hydrogens is 318 g/mol. The summed E-state index contributed by atoms with van der Waals surface area (Å²) in [6.07, 6.45) is 1.12. The Morgan fingerprint density at radius 3 is 3.00 bits per heavy atom. The van der Waals surface area contributed by atoms with Crippen LogP contribution in [0.25, 0.3) is 10.9 Å². The van der Waals surface area contributed by atoms with Gasteiger partial charge in [-0.3, -0.25) is 4.79 Å². The van der Waals surface area contributed by atoms with Crippen LogP contribution in [0.4, 0.5) is 4.79 Å². The zero-order chi connectivity index (χ0) is 17.8. The summed E-state index contributed by atoms with van der Waals surface area (Å²) in [5.74, 6) is 0.996. The van der Waals surface area contributed by atoms with Gasteiger partial charge in [0.15, 0.2) is 0 Å². The van der Waals surface area contributed by atoms with Crippen molar-refractivity contribution in [3.05, 3.63) is 40.4 Å². The number of hydrogen-bond donors (Lipinski definition) is 2. The van der Waals surface area contributed by atoms with E-state index in [1.165, 1.54) is 0 Å². The SMILES string of the molecule is CCN1CCC(CNC(=O)N(C)Cc2nc3ccccc3c(=O)[nH]2)C1. The van der Waals surface area contributed by atoms with Gasteiger partial charge in [0.05, 0.1) is 17.4 Å². The van der Waals surface area contributed by atoms with Gasteiger partial charge >= 0.3 is 6.03 Å². The second-order valence-corrected chi connectivity index (χ2v) is 6.62. The van der Waals surface area contributed by atoms with Crippen LogP contribution in [0.1, 0.15) is 19.2 Å². The first kappa shape index (κ1) is 17.4. The fourth-order valence-electron chi connectivity index (χ4n) is 3.24. The van der Waals surface area contributed by atoms with Crippen LogP contribution in [0.5, 0.6) is 0 Å². The number of benzene rings is 1. The number of hydrogen-bond acceptors (Lipinski definition) is 4. The molecule has 2 heterocycles. The van der Waals surface area contributed by atoms with Crippen molar-refractivity contribution in [2.24, 2.45) is 5.92 Å². The minimum absolute atomic E-state index is 0.147. The van der Waals surface area contributed by atoms with Gasteiger partial charge in [-0.25, -0.2) is 9.78 Å². The smallest absolute Gasteiger partial charge is 0.317 e. The molecule has 0 spiro atoms. The van der Waals surface area contributed by atoms with Gasteiger partial charge in [-0.05, 0) is 37.6 Å². The Bertz CT molecular complexity index is 803. The Labute approximate surface area is 147 Å². The first-order valence-electron chi connectivity index (χ1n) is 8.76. The largest absolute Gasteiger partial charge is 0.338 e. The highest BCUT2D eigenvalue weighted by Gasteiger charge is 2.22. The number of nitrogens with one attached hydrogen (secondary N) is 2. The number of H-pyrrole nitrogens is 1. The van der Waals surface area contributed by atoms with Crippen LogP contribution in [-0.2, 0) is 6.54 Å². The van der Waals surface area contributed by atoms with Crippen molar-refractivity contribution in [2.75, 3.05) is 33.2 Å². The van der Waals surface area contributed by atoms with Crippen molar-refractivity contribution >= 4 is 16.9 Å². The number of aromatic amines is 1. The Hall–Kier alpha value is -2.41. The third-order valence-corrected chi connectivity index (χ3v) is 4.75. The minimum Gasteiger partial charge on any atom is -0.338 e. The number of fused-ring (bicyclic) bond motifs is 1. The van der Waals surface area contributed by atoms with Gasteiger partial charge < -0.3 is 20.1 Å². The van der Waals surface area contributed by atoms with Gasteiger partial charge in [0.2, 0.25) is 0 Å². The molecule has 1 aromatic heterocycles. The van der Waals surface area contributed by atoms with Crippen LogP contribution in [-0.4, -0.2) is 59.0 Å². The number of rotatable bonds is 5. The Morgan fingerprint density at radius 2 is 2.24 bits per heavy atom. The van der Waals surface area contributed by atoms with E-state index in [0.717, 1.165) is 26.1 Å². The van der Waals surface area contributed by atoms with Crippen LogP contribution >= 0.6 is 0 Å². The Balaban J connectivity index is 1.57. The van der Waals surface area contributed by atoms with Crippen molar-refractivity contribution in [2.45, 2.75) is 19.9 Å². The number of carbonyl (C=O) groups is 1. The number of likely N-dealkylation sites (tertiary alicyclic amines) is 1. The van der Waals surface area contributed by atoms with Crippen molar-refractivity contribution < 1.29 is 4.79 Å². The highest BCUT2D eigenvalue weighted by molar-refractivity contribution is 5.77. The number of urea groups is 1. The number of amides is 2. The zero-order valence-corrected chi connectivity index (χ0v) is 14.8. The quantitative estimate of drug-likeness (QED) is 0.860. The molecule has 1 saturated heterocycles. The summed E-state index contributed by atoms with van der Waals surface area (Å²) < 4.78 is 0. The molecule has 1 atom stereocenters. The van der Waals surface area contributed by atoms with Gasteiger partial charge in [0.1, 0.15) is 5.82 Å². The summed E-state index contributed by atoms with van der Waals surface area (Å²) >= 11 is 0. The predicted molar refractivity (Wildman–Crippen MR) is 97.5 cm³/mol. The Kier molecular flexibility index (Phi) is 5.33. The molecule has 0 bridgehead atoms. The van der Waals surface area contributed by atoms with E-state index < -0.39 is 0 Å². The van der Waals surface area contributed by atoms with E-state index in [-0.39, 0.29) is 18.1 Å². The third kappa shape index (κ3) is 4.17. The highest BCUT2D eigenvalue weighted by atomic mass is 16.2. The predicted octanol–water partition coefficient (Wildman–Crippen LogP) is 1.41. The maximum absolute atomic E-state index is 12.3. The molecule has 3 rings (SSSR count). The Morgan fingerprint density at radius 1 is 1.44 bits per heavy atom. The first-order valence-corrected chi connectivity index (χ1v) is 8.76. The van der Waals surface area contributed by atoms with Crippen LogP contribution < -0.4 is 10.9 Å². The van der Waals surface area contributed by atoms with Crippen molar-refractivity contribution in [1.29, 1.82) is 0 Å². The average molecular weight is 343 g/mol. The van der Waals surface area contributed by atoms with E-state index in [9.17, 15) is 9.59 Å². The lowest BCUT2D eigenvalue weighted by atomic mass is 10.1. The summed E-state index contributed by atoms with van der Waals surface area (Å²) in [4.78, 5) is 35.5. The molecule has 25 heavy (non-hydrogen) atoms. The minimum atomic E-state index is -0.181. The van der Waals surface area contributed by atoms with Crippen LogP contribution in [0.3, 0.4) is 0 Å². The van der Waals surface area contributed by atoms with Gasteiger partial charge in [0, 0.05) is 20.1 Å². The molecule has 2 N–H and O–H groups in total. The number of para-hydroxylation sites is 1. The molecule has 0 saturated carbocycles. The molecule has 134 valence electrons. The normalized spacial score (nSPS) is 17.8. The molecule has 0 aliphatic carbocycles. The van der Waals surface area contributed by atoms with Crippen molar-refractivity contribution in [3.8, 4) is 0 Å². The lowest BCUT2D eigenvalue weighted by Gasteiger charge is -2.19. The first-order chi connectivity index (χ1) is 12.1. The van der Waals surface area contributed by atoms with Gasteiger partial charge in [-0.2, -0.15) is 0 Å².